The molecule has 128 valence electrons. The van der Waals surface area contributed by atoms with Crippen molar-refractivity contribution in [3.8, 4) is 0 Å². The van der Waals surface area contributed by atoms with Crippen molar-refractivity contribution in [1.29, 1.82) is 0 Å². The molecule has 2 aromatic rings. The third-order valence-corrected chi connectivity index (χ3v) is 6.51. The fourth-order valence-corrected chi connectivity index (χ4v) is 5.37. The molecule has 1 aliphatic carbocycles. The summed E-state index contributed by atoms with van der Waals surface area (Å²) < 4.78 is 2.52. The second-order valence-corrected chi connectivity index (χ2v) is 7.80. The van der Waals surface area contributed by atoms with Gasteiger partial charge in [0.2, 0.25) is 0 Å². The molecule has 0 radical (unpaired) electrons. The van der Waals surface area contributed by atoms with Gasteiger partial charge >= 0.3 is 5.96 Å². The zero-order valence-electron chi connectivity index (χ0n) is 14.6. The van der Waals surface area contributed by atoms with Crippen molar-refractivity contribution in [2.24, 2.45) is 11.7 Å². The summed E-state index contributed by atoms with van der Waals surface area (Å²) in [5.74, 6) is 1.56. The number of nitrogens with zero attached hydrogens (tertiary/aromatic N) is 1. The number of fused-ring (bicyclic) bond motifs is 5. The lowest BCUT2D eigenvalue weighted by atomic mass is 9.90. The van der Waals surface area contributed by atoms with Crippen LogP contribution in [0.2, 0.25) is 0 Å². The van der Waals surface area contributed by atoms with Crippen molar-refractivity contribution in [3.63, 3.8) is 0 Å². The maximum Gasteiger partial charge on any atom is 0.344 e. The van der Waals surface area contributed by atoms with Crippen LogP contribution >= 0.6 is 0 Å². The minimum atomic E-state index is 0.408. The van der Waals surface area contributed by atoms with E-state index < -0.39 is 0 Å². The molecule has 2 heterocycles. The molecular formula is C22H26N3+. The topological polar surface area (TPSA) is 41.1 Å². The number of benzene rings is 2. The van der Waals surface area contributed by atoms with Gasteiger partial charge in [-0.25, -0.2) is 0 Å². The van der Waals surface area contributed by atoms with Crippen molar-refractivity contribution >= 4 is 5.96 Å². The Kier molecular flexibility index (Phi) is 3.54. The first-order chi connectivity index (χ1) is 12.3. The lowest BCUT2D eigenvalue weighted by Gasteiger charge is -2.32. The van der Waals surface area contributed by atoms with Gasteiger partial charge in [0.1, 0.15) is 6.04 Å². The zero-order valence-corrected chi connectivity index (χ0v) is 14.6. The second-order valence-electron chi connectivity index (χ2n) is 7.80. The van der Waals surface area contributed by atoms with Crippen LogP contribution in [0.4, 0.5) is 0 Å². The molecule has 4 atom stereocenters. The van der Waals surface area contributed by atoms with E-state index in [1.54, 1.807) is 0 Å². The Balaban J connectivity index is 1.38. The Morgan fingerprint density at radius 1 is 1.00 bits per heavy atom. The Hall–Kier alpha value is -2.29. The van der Waals surface area contributed by atoms with Crippen LogP contribution in [-0.4, -0.2) is 22.6 Å². The van der Waals surface area contributed by atoms with Crippen LogP contribution in [0.3, 0.4) is 0 Å². The van der Waals surface area contributed by atoms with E-state index in [4.69, 9.17) is 5.73 Å². The van der Waals surface area contributed by atoms with Crippen molar-refractivity contribution in [2.45, 2.75) is 50.2 Å². The molecular weight excluding hydrogens is 306 g/mol. The predicted molar refractivity (Wildman–Crippen MR) is 101 cm³/mol. The SMILES string of the molecule is NC1=[N+]2[C@@H](CCc3ccccc3)CC[C@@H]2[C@@H]2Cc3ccccc3[C@@H]2N1. The average molecular weight is 332 g/mol. The molecule has 0 spiro atoms. The summed E-state index contributed by atoms with van der Waals surface area (Å²) in [6.07, 6.45) is 6.05. The number of guanidine groups is 1. The number of hydrogen-bond donors (Lipinski definition) is 2. The normalized spacial score (nSPS) is 29.8. The minimum Gasteiger partial charge on any atom is -0.291 e. The lowest BCUT2D eigenvalue weighted by Crippen LogP contribution is -2.55. The van der Waals surface area contributed by atoms with Crippen LogP contribution in [0, 0.1) is 5.92 Å². The highest BCUT2D eigenvalue weighted by molar-refractivity contribution is 5.74. The van der Waals surface area contributed by atoms with Crippen LogP contribution in [-0.2, 0) is 12.8 Å². The third kappa shape index (κ3) is 2.45. The summed E-state index contributed by atoms with van der Waals surface area (Å²) >= 11 is 0. The molecule has 2 aromatic carbocycles. The van der Waals surface area contributed by atoms with Crippen molar-refractivity contribution in [2.75, 3.05) is 0 Å². The summed E-state index contributed by atoms with van der Waals surface area (Å²) in [7, 11) is 0. The van der Waals surface area contributed by atoms with Crippen molar-refractivity contribution < 1.29 is 4.58 Å². The first-order valence-electron chi connectivity index (χ1n) is 9.60. The fourth-order valence-electron chi connectivity index (χ4n) is 5.37. The smallest absolute Gasteiger partial charge is 0.291 e. The second kappa shape index (κ2) is 5.91. The van der Waals surface area contributed by atoms with Gasteiger partial charge < -0.3 is 0 Å². The van der Waals surface area contributed by atoms with Gasteiger partial charge in [-0.2, -0.15) is 0 Å². The molecule has 0 saturated carbocycles. The Morgan fingerprint density at radius 3 is 2.68 bits per heavy atom. The van der Waals surface area contributed by atoms with E-state index in [-0.39, 0.29) is 0 Å². The molecule has 1 fully saturated rings. The molecule has 3 nitrogen and oxygen atoms in total. The summed E-state index contributed by atoms with van der Waals surface area (Å²) in [6, 6.07) is 21.3. The zero-order chi connectivity index (χ0) is 16.8. The van der Waals surface area contributed by atoms with Gasteiger partial charge in [0, 0.05) is 5.92 Å². The summed E-state index contributed by atoms with van der Waals surface area (Å²) in [6.45, 7) is 0. The number of hydrogen-bond acceptors (Lipinski definition) is 2. The van der Waals surface area contributed by atoms with Crippen molar-refractivity contribution in [3.05, 3.63) is 71.3 Å². The molecule has 0 amide bonds. The first kappa shape index (κ1) is 15.0. The molecule has 3 aliphatic rings. The highest BCUT2D eigenvalue weighted by Crippen LogP contribution is 2.44. The molecule has 25 heavy (non-hydrogen) atoms. The molecule has 0 bridgehead atoms. The molecule has 3 heteroatoms. The monoisotopic (exact) mass is 332 g/mol. The maximum atomic E-state index is 6.52. The summed E-state index contributed by atoms with van der Waals surface area (Å²) in [5, 5.41) is 3.65. The Bertz CT molecular complexity index is 811. The number of nitrogens with two attached hydrogens (primary N) is 1. The fraction of sp³-hybridized carbons (Fsp3) is 0.409. The number of nitrogens with one attached hydrogen (secondary N) is 1. The van der Waals surface area contributed by atoms with Gasteiger partial charge in [-0.05, 0) is 48.8 Å². The van der Waals surface area contributed by atoms with Crippen molar-refractivity contribution in [1.82, 2.24) is 5.32 Å². The van der Waals surface area contributed by atoms with Gasteiger partial charge in [0.25, 0.3) is 0 Å². The van der Waals surface area contributed by atoms with E-state index in [1.807, 2.05) is 0 Å². The van der Waals surface area contributed by atoms with Gasteiger partial charge in [-0.15, -0.1) is 0 Å². The summed E-state index contributed by atoms with van der Waals surface area (Å²) in [5.41, 5.74) is 10.9. The van der Waals surface area contributed by atoms with Crippen LogP contribution in [0.1, 0.15) is 42.0 Å². The maximum absolute atomic E-state index is 6.52. The standard InChI is InChI=1S/C22H25N3/c23-22-24-21-18-9-5-4-8-16(18)14-19(21)20-13-12-17(25(20)22)11-10-15-6-2-1-3-7-15/h1-9,17,19-21H,10-14H2,(H2,23,24)/p+1/t17-,19-,20+,21-/m0/s1. The predicted octanol–water partition coefficient (Wildman–Crippen LogP) is 2.99. The number of aryl methyl sites for hydroxylation is 1. The number of rotatable bonds is 3. The van der Waals surface area contributed by atoms with Crippen LogP contribution in [0.15, 0.2) is 54.6 Å². The molecule has 1 saturated heterocycles. The van der Waals surface area contributed by atoms with Gasteiger partial charge in [-0.1, -0.05) is 54.6 Å². The van der Waals surface area contributed by atoms with Gasteiger partial charge in [0.05, 0.1) is 12.1 Å². The first-order valence-corrected chi connectivity index (χ1v) is 9.60. The van der Waals surface area contributed by atoms with E-state index in [9.17, 15) is 0 Å². The summed E-state index contributed by atoms with van der Waals surface area (Å²) in [4.78, 5) is 0. The third-order valence-electron chi connectivity index (χ3n) is 6.51. The van der Waals surface area contributed by atoms with Gasteiger partial charge in [0.15, 0.2) is 0 Å². The van der Waals surface area contributed by atoms with E-state index in [0.717, 1.165) is 12.4 Å². The average Bonchev–Trinajstić information content (AvgIpc) is 3.23. The lowest BCUT2D eigenvalue weighted by molar-refractivity contribution is -0.595. The molecule has 0 aromatic heterocycles. The Morgan fingerprint density at radius 2 is 1.80 bits per heavy atom. The van der Waals surface area contributed by atoms with Crippen LogP contribution < -0.4 is 11.1 Å². The van der Waals surface area contributed by atoms with E-state index in [1.165, 1.54) is 42.4 Å². The van der Waals surface area contributed by atoms with Crippen LogP contribution in [0.25, 0.3) is 0 Å². The van der Waals surface area contributed by atoms with E-state index in [2.05, 4.69) is 64.5 Å². The van der Waals surface area contributed by atoms with Crippen LogP contribution in [0.5, 0.6) is 0 Å². The van der Waals surface area contributed by atoms with E-state index in [0.29, 0.717) is 24.0 Å². The minimum absolute atomic E-state index is 0.408. The molecule has 0 unspecified atom stereocenters. The van der Waals surface area contributed by atoms with Gasteiger partial charge in [-0.3, -0.25) is 15.6 Å². The highest BCUT2D eigenvalue weighted by Gasteiger charge is 2.50. The molecule has 5 rings (SSSR count). The quantitative estimate of drug-likeness (QED) is 0.849. The van der Waals surface area contributed by atoms with E-state index >= 15 is 0 Å². The highest BCUT2D eigenvalue weighted by atomic mass is 15.3. The Labute approximate surface area is 149 Å². The molecule has 3 N–H and O–H groups in total. The largest absolute Gasteiger partial charge is 0.344 e. The molecule has 2 aliphatic heterocycles.